The summed E-state index contributed by atoms with van der Waals surface area (Å²) in [4.78, 5) is 18.5. The Morgan fingerprint density at radius 3 is 2.52 bits per heavy atom. The number of imidazole rings is 1. The predicted octanol–water partition coefficient (Wildman–Crippen LogP) is 4.07. The zero-order valence-corrected chi connectivity index (χ0v) is 14.9. The summed E-state index contributed by atoms with van der Waals surface area (Å²) in [5.74, 6) is 2.79. The van der Waals surface area contributed by atoms with Crippen LogP contribution in [0.5, 0.6) is 0 Å². The van der Waals surface area contributed by atoms with Crippen LogP contribution in [0.15, 0.2) is 48.8 Å². The second-order valence-corrected chi connectivity index (χ2v) is 7.67. The molecule has 0 aromatic carbocycles. The van der Waals surface area contributed by atoms with Gasteiger partial charge in [-0.15, -0.1) is 0 Å². The van der Waals surface area contributed by atoms with Gasteiger partial charge in [0.05, 0.1) is 11.0 Å². The lowest BCUT2D eigenvalue weighted by Crippen LogP contribution is -2.37. The zero-order valence-electron chi connectivity index (χ0n) is 14.9. The van der Waals surface area contributed by atoms with Crippen molar-refractivity contribution < 1.29 is 0 Å². The quantitative estimate of drug-likeness (QED) is 0.597. The smallest absolute Gasteiger partial charge is 0.160 e. The zero-order chi connectivity index (χ0) is 17.8. The molecule has 2 aliphatic rings. The maximum absolute atomic E-state index is 4.88. The molecule has 0 amide bonds. The van der Waals surface area contributed by atoms with Crippen molar-refractivity contribution in [2.45, 2.75) is 43.7 Å². The van der Waals surface area contributed by atoms with E-state index in [1.165, 1.54) is 18.7 Å². The monoisotopic (exact) mass is 356 g/mol. The van der Waals surface area contributed by atoms with Crippen molar-refractivity contribution >= 4 is 28.0 Å². The van der Waals surface area contributed by atoms with Gasteiger partial charge in [-0.05, 0) is 62.1 Å². The van der Waals surface area contributed by atoms with Crippen molar-refractivity contribution in [2.75, 3.05) is 5.32 Å². The maximum Gasteiger partial charge on any atom is 0.160 e. The molecule has 0 saturated heterocycles. The molecule has 0 bridgehead atoms. The summed E-state index contributed by atoms with van der Waals surface area (Å²) < 4.78 is 2.41. The minimum atomic E-state index is 0.435. The first kappa shape index (κ1) is 15.1. The molecule has 6 nitrogen and oxygen atoms in total. The van der Waals surface area contributed by atoms with Gasteiger partial charge in [-0.1, -0.05) is 0 Å². The van der Waals surface area contributed by atoms with E-state index >= 15 is 0 Å². The van der Waals surface area contributed by atoms with E-state index < -0.39 is 0 Å². The highest BCUT2D eigenvalue weighted by Gasteiger charge is 2.37. The maximum atomic E-state index is 4.88. The number of nitrogens with one attached hydrogen (secondary N) is 1. The molecule has 0 radical (unpaired) electrons. The van der Waals surface area contributed by atoms with Crippen LogP contribution in [0.25, 0.3) is 22.2 Å². The largest absolute Gasteiger partial charge is 0.367 e. The van der Waals surface area contributed by atoms with Crippen LogP contribution < -0.4 is 5.32 Å². The summed E-state index contributed by atoms with van der Waals surface area (Å²) in [6, 6.07) is 12.9. The molecule has 0 spiro atoms. The highest BCUT2D eigenvalue weighted by Crippen LogP contribution is 2.45. The van der Waals surface area contributed by atoms with E-state index in [0.29, 0.717) is 18.0 Å². The van der Waals surface area contributed by atoms with Gasteiger partial charge in [0.15, 0.2) is 5.65 Å². The number of pyridine rings is 3. The highest BCUT2D eigenvalue weighted by atomic mass is 15.2. The first-order chi connectivity index (χ1) is 13.3. The SMILES string of the molecule is c1cnc2ccc(NC3CC(n4c(C5CC5)nc5cccnc54)C3)nc2c1. The van der Waals surface area contributed by atoms with E-state index in [0.717, 1.165) is 40.9 Å². The Morgan fingerprint density at radius 2 is 1.67 bits per heavy atom. The van der Waals surface area contributed by atoms with Gasteiger partial charge in [0.25, 0.3) is 0 Å². The van der Waals surface area contributed by atoms with Gasteiger partial charge in [-0.3, -0.25) is 4.98 Å². The summed E-state index contributed by atoms with van der Waals surface area (Å²) in [5, 5.41) is 3.58. The molecule has 4 aromatic heterocycles. The molecule has 1 N–H and O–H groups in total. The molecule has 0 atom stereocenters. The van der Waals surface area contributed by atoms with Crippen molar-refractivity contribution in [3.05, 3.63) is 54.6 Å². The molecule has 2 saturated carbocycles. The third-order valence-electron chi connectivity index (χ3n) is 5.71. The van der Waals surface area contributed by atoms with Crippen molar-refractivity contribution in [1.82, 2.24) is 24.5 Å². The molecule has 4 heterocycles. The molecule has 0 unspecified atom stereocenters. The molecule has 2 fully saturated rings. The van der Waals surface area contributed by atoms with Crippen molar-refractivity contribution in [2.24, 2.45) is 0 Å². The normalized spacial score (nSPS) is 22.1. The van der Waals surface area contributed by atoms with Gasteiger partial charge in [0.1, 0.15) is 17.2 Å². The molecule has 0 aliphatic heterocycles. The minimum Gasteiger partial charge on any atom is -0.367 e. The average Bonchev–Trinajstić information content (AvgIpc) is 3.45. The fourth-order valence-electron chi connectivity index (χ4n) is 4.10. The number of hydrogen-bond acceptors (Lipinski definition) is 5. The van der Waals surface area contributed by atoms with Gasteiger partial charge in [-0.25, -0.2) is 15.0 Å². The molecular weight excluding hydrogens is 336 g/mol. The fourth-order valence-corrected chi connectivity index (χ4v) is 4.10. The number of nitrogens with zero attached hydrogens (tertiary/aromatic N) is 5. The van der Waals surface area contributed by atoms with E-state index in [4.69, 9.17) is 4.98 Å². The van der Waals surface area contributed by atoms with E-state index in [-0.39, 0.29) is 0 Å². The molecule has 134 valence electrons. The Kier molecular flexibility index (Phi) is 3.21. The average molecular weight is 356 g/mol. The van der Waals surface area contributed by atoms with Gasteiger partial charge < -0.3 is 9.88 Å². The van der Waals surface area contributed by atoms with Crippen LogP contribution in [-0.2, 0) is 0 Å². The molecule has 27 heavy (non-hydrogen) atoms. The molecule has 2 aliphatic carbocycles. The lowest BCUT2D eigenvalue weighted by molar-refractivity contribution is 0.281. The molecule has 6 heteroatoms. The second kappa shape index (κ2) is 5.74. The van der Waals surface area contributed by atoms with Crippen LogP contribution in [0.1, 0.15) is 43.5 Å². The van der Waals surface area contributed by atoms with Crippen molar-refractivity contribution in [3.63, 3.8) is 0 Å². The number of aromatic nitrogens is 5. The van der Waals surface area contributed by atoms with Gasteiger partial charge in [0, 0.05) is 30.4 Å². The van der Waals surface area contributed by atoms with Crippen LogP contribution in [0.4, 0.5) is 5.82 Å². The summed E-state index contributed by atoms with van der Waals surface area (Å²) in [6.45, 7) is 0. The molecular formula is C21H20N6. The minimum absolute atomic E-state index is 0.435. The van der Waals surface area contributed by atoms with Crippen LogP contribution in [-0.4, -0.2) is 30.5 Å². The van der Waals surface area contributed by atoms with E-state index in [1.807, 2.05) is 36.5 Å². The third kappa shape index (κ3) is 2.55. The van der Waals surface area contributed by atoms with Gasteiger partial charge in [0.2, 0.25) is 0 Å². The molecule has 4 aromatic rings. The van der Waals surface area contributed by atoms with E-state index in [9.17, 15) is 0 Å². The summed E-state index contributed by atoms with van der Waals surface area (Å²) >= 11 is 0. The van der Waals surface area contributed by atoms with Gasteiger partial charge >= 0.3 is 0 Å². The van der Waals surface area contributed by atoms with Crippen molar-refractivity contribution in [3.8, 4) is 0 Å². The summed E-state index contributed by atoms with van der Waals surface area (Å²) in [5.41, 5.74) is 3.93. The Balaban J connectivity index is 1.23. The van der Waals surface area contributed by atoms with Gasteiger partial charge in [-0.2, -0.15) is 0 Å². The van der Waals surface area contributed by atoms with Crippen LogP contribution in [0.3, 0.4) is 0 Å². The Labute approximate surface area is 156 Å². The third-order valence-corrected chi connectivity index (χ3v) is 5.71. The summed E-state index contributed by atoms with van der Waals surface area (Å²) in [6.07, 6.45) is 8.34. The molecule has 6 rings (SSSR count). The second-order valence-electron chi connectivity index (χ2n) is 7.67. The van der Waals surface area contributed by atoms with Crippen molar-refractivity contribution in [1.29, 1.82) is 0 Å². The summed E-state index contributed by atoms with van der Waals surface area (Å²) in [7, 11) is 0. The van der Waals surface area contributed by atoms with Crippen LogP contribution in [0, 0.1) is 0 Å². The van der Waals surface area contributed by atoms with E-state index in [2.05, 4.69) is 30.9 Å². The van der Waals surface area contributed by atoms with Crippen LogP contribution >= 0.6 is 0 Å². The number of rotatable bonds is 4. The topological polar surface area (TPSA) is 68.5 Å². The predicted molar refractivity (Wildman–Crippen MR) is 105 cm³/mol. The first-order valence-corrected chi connectivity index (χ1v) is 9.66. The highest BCUT2D eigenvalue weighted by molar-refractivity contribution is 5.75. The standard InChI is InChI=1S/C21H20N6/c1-3-17-16(22-9-1)7-8-19(25-17)24-14-11-15(12-14)27-20(13-5-6-13)26-18-4-2-10-23-21(18)27/h1-4,7-10,13-15H,5-6,11-12H2,(H,24,25). The lowest BCUT2D eigenvalue weighted by atomic mass is 9.86. The van der Waals surface area contributed by atoms with Crippen LogP contribution in [0.2, 0.25) is 0 Å². The Morgan fingerprint density at radius 1 is 0.852 bits per heavy atom. The first-order valence-electron chi connectivity index (χ1n) is 9.66. The fraction of sp³-hybridized carbons (Fsp3) is 0.333. The number of fused-ring (bicyclic) bond motifs is 2. The number of anilines is 1. The Bertz CT molecular complexity index is 1140. The number of hydrogen-bond donors (Lipinski definition) is 1. The lowest BCUT2D eigenvalue weighted by Gasteiger charge is -2.38. The Hall–Kier alpha value is -3.02. The van der Waals surface area contributed by atoms with E-state index in [1.54, 1.807) is 6.20 Å².